The zero-order valence-electron chi connectivity index (χ0n) is 10.2. The predicted octanol–water partition coefficient (Wildman–Crippen LogP) is 4.54. The van der Waals surface area contributed by atoms with Crippen molar-refractivity contribution in [3.8, 4) is 0 Å². The van der Waals surface area contributed by atoms with Crippen LogP contribution in [0.5, 0.6) is 0 Å². The van der Waals surface area contributed by atoms with Crippen molar-refractivity contribution in [2.24, 2.45) is 10.2 Å². The van der Waals surface area contributed by atoms with E-state index < -0.39 is 5.97 Å². The van der Waals surface area contributed by atoms with Gasteiger partial charge >= 0.3 is 5.97 Å². The fraction of sp³-hybridized carbons (Fsp3) is 0.0714. The third kappa shape index (κ3) is 3.63. The van der Waals surface area contributed by atoms with Crippen LogP contribution in [0.3, 0.4) is 0 Å². The Morgan fingerprint density at radius 1 is 1.05 bits per heavy atom. The van der Waals surface area contributed by atoms with Crippen molar-refractivity contribution in [3.63, 3.8) is 0 Å². The van der Waals surface area contributed by atoms with Gasteiger partial charge in [-0.25, -0.2) is 4.79 Å². The standard InChI is InChI=1S/C14H11ClN2O2/c1-19-14(18)10-3-2-4-13(9-10)17-16-12-7-5-11(15)6-8-12/h2-9H,1H3. The molecule has 2 rings (SSSR count). The second kappa shape index (κ2) is 6.11. The lowest BCUT2D eigenvalue weighted by Crippen LogP contribution is -1.99. The molecule has 0 atom stereocenters. The van der Waals surface area contributed by atoms with Gasteiger partial charge in [0.25, 0.3) is 0 Å². The van der Waals surface area contributed by atoms with E-state index in [1.54, 1.807) is 48.5 Å². The van der Waals surface area contributed by atoms with Gasteiger partial charge in [0, 0.05) is 5.02 Å². The highest BCUT2D eigenvalue weighted by molar-refractivity contribution is 6.30. The number of hydrogen-bond donors (Lipinski definition) is 0. The summed E-state index contributed by atoms with van der Waals surface area (Å²) in [5, 5.41) is 8.76. The summed E-state index contributed by atoms with van der Waals surface area (Å²) < 4.78 is 4.64. The summed E-state index contributed by atoms with van der Waals surface area (Å²) in [6, 6.07) is 13.8. The van der Waals surface area contributed by atoms with Crippen LogP contribution in [-0.2, 0) is 4.74 Å². The molecule has 0 aliphatic heterocycles. The number of esters is 1. The first-order valence-electron chi connectivity index (χ1n) is 5.55. The van der Waals surface area contributed by atoms with Crippen LogP contribution in [0.25, 0.3) is 0 Å². The second-order valence-electron chi connectivity index (χ2n) is 3.72. The Kier molecular flexibility index (Phi) is 4.26. The van der Waals surface area contributed by atoms with E-state index in [-0.39, 0.29) is 0 Å². The molecular formula is C14H11ClN2O2. The normalized spacial score (nSPS) is 10.6. The molecule has 0 radical (unpaired) electrons. The van der Waals surface area contributed by atoms with Crippen LogP contribution >= 0.6 is 11.6 Å². The minimum atomic E-state index is -0.399. The predicted molar refractivity (Wildman–Crippen MR) is 73.4 cm³/mol. The molecule has 0 aromatic heterocycles. The number of hydrogen-bond acceptors (Lipinski definition) is 4. The highest BCUT2D eigenvalue weighted by Crippen LogP contribution is 2.21. The second-order valence-corrected chi connectivity index (χ2v) is 4.15. The number of methoxy groups -OCH3 is 1. The summed E-state index contributed by atoms with van der Waals surface area (Å²) in [6.45, 7) is 0. The summed E-state index contributed by atoms with van der Waals surface area (Å²) in [6.07, 6.45) is 0. The number of halogens is 1. The maximum atomic E-state index is 11.4. The SMILES string of the molecule is COC(=O)c1cccc(N=Nc2ccc(Cl)cc2)c1. The molecule has 0 saturated heterocycles. The van der Waals surface area contributed by atoms with Crippen LogP contribution in [-0.4, -0.2) is 13.1 Å². The summed E-state index contributed by atoms with van der Waals surface area (Å²) in [5.41, 5.74) is 1.71. The molecule has 5 heteroatoms. The molecule has 19 heavy (non-hydrogen) atoms. The lowest BCUT2D eigenvalue weighted by atomic mass is 10.2. The third-order valence-electron chi connectivity index (χ3n) is 2.37. The monoisotopic (exact) mass is 274 g/mol. The molecule has 0 aliphatic carbocycles. The first-order chi connectivity index (χ1) is 9.19. The quantitative estimate of drug-likeness (QED) is 0.609. The molecular weight excluding hydrogens is 264 g/mol. The fourth-order valence-electron chi connectivity index (χ4n) is 1.44. The van der Waals surface area contributed by atoms with Crippen molar-refractivity contribution >= 4 is 28.9 Å². The van der Waals surface area contributed by atoms with Gasteiger partial charge in [0.05, 0.1) is 24.0 Å². The Morgan fingerprint density at radius 2 is 1.74 bits per heavy atom. The lowest BCUT2D eigenvalue weighted by Gasteiger charge is -1.99. The lowest BCUT2D eigenvalue weighted by molar-refractivity contribution is 0.0601. The van der Waals surface area contributed by atoms with E-state index >= 15 is 0 Å². The smallest absolute Gasteiger partial charge is 0.337 e. The van der Waals surface area contributed by atoms with Gasteiger partial charge in [-0.3, -0.25) is 0 Å². The highest BCUT2D eigenvalue weighted by atomic mass is 35.5. The zero-order valence-corrected chi connectivity index (χ0v) is 11.0. The average Bonchev–Trinajstić information content (AvgIpc) is 2.46. The maximum absolute atomic E-state index is 11.4. The number of rotatable bonds is 3. The Bertz CT molecular complexity index is 609. The van der Waals surface area contributed by atoms with E-state index in [1.165, 1.54) is 7.11 Å². The van der Waals surface area contributed by atoms with Gasteiger partial charge in [-0.1, -0.05) is 17.7 Å². The van der Waals surface area contributed by atoms with Crippen molar-refractivity contribution in [2.45, 2.75) is 0 Å². The first kappa shape index (κ1) is 13.2. The van der Waals surface area contributed by atoms with Gasteiger partial charge < -0.3 is 4.74 Å². The summed E-state index contributed by atoms with van der Waals surface area (Å²) in [7, 11) is 1.34. The Balaban J connectivity index is 2.19. The van der Waals surface area contributed by atoms with Gasteiger partial charge in [0.15, 0.2) is 0 Å². The minimum absolute atomic E-state index is 0.399. The molecule has 2 aromatic carbocycles. The summed E-state index contributed by atoms with van der Waals surface area (Å²) in [5.74, 6) is -0.399. The molecule has 0 spiro atoms. The molecule has 4 nitrogen and oxygen atoms in total. The maximum Gasteiger partial charge on any atom is 0.337 e. The van der Waals surface area contributed by atoms with E-state index in [9.17, 15) is 4.79 Å². The van der Waals surface area contributed by atoms with Gasteiger partial charge in [0.2, 0.25) is 0 Å². The van der Waals surface area contributed by atoms with Crippen molar-refractivity contribution in [1.29, 1.82) is 0 Å². The number of azo groups is 1. The number of nitrogens with zero attached hydrogens (tertiary/aromatic N) is 2. The Hall–Kier alpha value is -2.20. The zero-order chi connectivity index (χ0) is 13.7. The number of ether oxygens (including phenoxy) is 1. The average molecular weight is 275 g/mol. The molecule has 0 fully saturated rings. The van der Waals surface area contributed by atoms with Crippen molar-refractivity contribution < 1.29 is 9.53 Å². The van der Waals surface area contributed by atoms with Crippen LogP contribution in [0, 0.1) is 0 Å². The summed E-state index contributed by atoms with van der Waals surface area (Å²) >= 11 is 5.78. The molecule has 0 saturated carbocycles. The third-order valence-corrected chi connectivity index (χ3v) is 2.63. The molecule has 2 aromatic rings. The topological polar surface area (TPSA) is 51.0 Å². The van der Waals surface area contributed by atoms with E-state index in [0.717, 1.165) is 0 Å². The minimum Gasteiger partial charge on any atom is -0.465 e. The largest absolute Gasteiger partial charge is 0.465 e. The van der Waals surface area contributed by atoms with Crippen molar-refractivity contribution in [3.05, 3.63) is 59.1 Å². The summed E-state index contributed by atoms with van der Waals surface area (Å²) in [4.78, 5) is 11.4. The Morgan fingerprint density at radius 3 is 2.42 bits per heavy atom. The van der Waals surface area contributed by atoms with E-state index in [0.29, 0.717) is 22.0 Å². The van der Waals surface area contributed by atoms with Crippen LogP contribution in [0.1, 0.15) is 10.4 Å². The highest BCUT2D eigenvalue weighted by Gasteiger charge is 2.04. The van der Waals surface area contributed by atoms with E-state index in [4.69, 9.17) is 11.6 Å². The van der Waals surface area contributed by atoms with E-state index in [2.05, 4.69) is 15.0 Å². The van der Waals surface area contributed by atoms with Crippen LogP contribution in [0.15, 0.2) is 58.8 Å². The molecule has 0 amide bonds. The molecule has 0 aliphatic rings. The van der Waals surface area contributed by atoms with Gasteiger partial charge in [-0.2, -0.15) is 10.2 Å². The first-order valence-corrected chi connectivity index (χ1v) is 5.92. The molecule has 0 N–H and O–H groups in total. The van der Waals surface area contributed by atoms with Crippen LogP contribution < -0.4 is 0 Å². The van der Waals surface area contributed by atoms with Crippen LogP contribution in [0.2, 0.25) is 5.02 Å². The number of carbonyl (C=O) groups is 1. The van der Waals surface area contributed by atoms with Crippen LogP contribution in [0.4, 0.5) is 11.4 Å². The van der Waals surface area contributed by atoms with Crippen molar-refractivity contribution in [2.75, 3.05) is 7.11 Å². The van der Waals surface area contributed by atoms with Gasteiger partial charge in [-0.15, -0.1) is 0 Å². The molecule has 0 bridgehead atoms. The molecule has 0 heterocycles. The molecule has 0 unspecified atom stereocenters. The fourth-order valence-corrected chi connectivity index (χ4v) is 1.56. The van der Waals surface area contributed by atoms with Gasteiger partial charge in [0.1, 0.15) is 0 Å². The van der Waals surface area contributed by atoms with Crippen molar-refractivity contribution in [1.82, 2.24) is 0 Å². The molecule has 96 valence electrons. The number of carbonyl (C=O) groups excluding carboxylic acids is 1. The number of benzene rings is 2. The van der Waals surface area contributed by atoms with Gasteiger partial charge in [-0.05, 0) is 42.5 Å². The van der Waals surface area contributed by atoms with E-state index in [1.807, 2.05) is 0 Å². The Labute approximate surface area is 115 Å².